The smallest absolute Gasteiger partial charge is 0.205 e. The van der Waals surface area contributed by atoms with Crippen LogP contribution in [-0.4, -0.2) is 35.4 Å². The van der Waals surface area contributed by atoms with E-state index in [0.29, 0.717) is 5.11 Å². The molecule has 0 bridgehead atoms. The van der Waals surface area contributed by atoms with Gasteiger partial charge in [0.1, 0.15) is 5.51 Å². The van der Waals surface area contributed by atoms with Crippen molar-refractivity contribution in [2.45, 2.75) is 6.42 Å². The van der Waals surface area contributed by atoms with Gasteiger partial charge in [0.05, 0.1) is 0 Å². The number of nitrogens with one attached hydrogen (secondary N) is 3. The second-order valence-electron chi connectivity index (χ2n) is 2.53. The summed E-state index contributed by atoms with van der Waals surface area (Å²) in [6, 6.07) is 0. The Hall–Kier alpha value is -0.950. The minimum Gasteiger partial charge on any atom is -0.366 e. The number of rotatable bonds is 5. The molecule has 0 aromatic carbocycles. The number of nitrogens with zero attached hydrogens (tertiary/aromatic N) is 2. The summed E-state index contributed by atoms with van der Waals surface area (Å²) in [4.78, 5) is 0. The molecule has 5 nitrogen and oxygen atoms in total. The number of hydrogen-bond donors (Lipinski definition) is 3. The molecule has 1 aromatic rings. The van der Waals surface area contributed by atoms with Crippen LogP contribution in [0, 0.1) is 0 Å². The zero-order chi connectivity index (χ0) is 10.2. The van der Waals surface area contributed by atoms with Crippen molar-refractivity contribution in [1.82, 2.24) is 20.8 Å². The zero-order valence-electron chi connectivity index (χ0n) is 7.91. The molecule has 0 atom stereocenters. The van der Waals surface area contributed by atoms with Crippen molar-refractivity contribution >= 4 is 33.8 Å². The number of hydrogen-bond acceptors (Lipinski definition) is 5. The van der Waals surface area contributed by atoms with Gasteiger partial charge in [-0.25, -0.2) is 0 Å². The summed E-state index contributed by atoms with van der Waals surface area (Å²) in [7, 11) is 1.80. The Morgan fingerprint density at radius 3 is 3.07 bits per heavy atom. The predicted octanol–water partition coefficient (Wildman–Crippen LogP) is 0.434. The fourth-order valence-electron chi connectivity index (χ4n) is 0.824. The maximum atomic E-state index is 4.92. The van der Waals surface area contributed by atoms with Crippen molar-refractivity contribution in [3.8, 4) is 0 Å². The minimum atomic E-state index is 0.681. The lowest BCUT2D eigenvalue weighted by Crippen LogP contribution is -2.33. The van der Waals surface area contributed by atoms with Crippen molar-refractivity contribution in [2.75, 3.05) is 25.5 Å². The van der Waals surface area contributed by atoms with Gasteiger partial charge >= 0.3 is 0 Å². The van der Waals surface area contributed by atoms with Crippen LogP contribution in [0.5, 0.6) is 0 Å². The van der Waals surface area contributed by atoms with E-state index in [1.165, 1.54) is 11.3 Å². The standard InChI is InChI=1S/C7H13N5S2/c1-8-6(13)9-3-2-4-10-7-12-11-5-14-7/h5H,2-4H2,1H3,(H,10,12)(H2,8,9,13). The highest BCUT2D eigenvalue weighted by Gasteiger charge is 1.94. The maximum absolute atomic E-state index is 4.92. The van der Waals surface area contributed by atoms with Crippen LogP contribution < -0.4 is 16.0 Å². The molecule has 0 saturated carbocycles. The highest BCUT2D eigenvalue weighted by atomic mass is 32.1. The lowest BCUT2D eigenvalue weighted by Gasteiger charge is -2.06. The molecule has 1 aromatic heterocycles. The van der Waals surface area contributed by atoms with E-state index >= 15 is 0 Å². The van der Waals surface area contributed by atoms with E-state index in [2.05, 4.69) is 26.1 Å². The van der Waals surface area contributed by atoms with E-state index in [9.17, 15) is 0 Å². The molecule has 0 fully saturated rings. The topological polar surface area (TPSA) is 61.9 Å². The molecular formula is C7H13N5S2. The van der Waals surface area contributed by atoms with Crippen LogP contribution in [0.4, 0.5) is 5.13 Å². The largest absolute Gasteiger partial charge is 0.366 e. The molecule has 0 aliphatic heterocycles. The summed E-state index contributed by atoms with van der Waals surface area (Å²) >= 11 is 6.42. The van der Waals surface area contributed by atoms with Gasteiger partial charge in [-0.15, -0.1) is 10.2 Å². The Morgan fingerprint density at radius 1 is 1.57 bits per heavy atom. The lowest BCUT2D eigenvalue weighted by molar-refractivity contribution is 0.794. The van der Waals surface area contributed by atoms with Crippen molar-refractivity contribution in [1.29, 1.82) is 0 Å². The lowest BCUT2D eigenvalue weighted by atomic mass is 10.4. The summed E-state index contributed by atoms with van der Waals surface area (Å²) in [6.07, 6.45) is 0.987. The number of thiocarbonyl (C=S) groups is 1. The summed E-state index contributed by atoms with van der Waals surface area (Å²) in [5, 5.41) is 18.2. The molecule has 1 rings (SSSR count). The van der Waals surface area contributed by atoms with Gasteiger partial charge in [-0.1, -0.05) is 11.3 Å². The third-order valence-electron chi connectivity index (χ3n) is 1.50. The van der Waals surface area contributed by atoms with Crippen molar-refractivity contribution < 1.29 is 0 Å². The van der Waals surface area contributed by atoms with E-state index in [0.717, 1.165) is 24.6 Å². The van der Waals surface area contributed by atoms with Gasteiger partial charge in [0.2, 0.25) is 5.13 Å². The van der Waals surface area contributed by atoms with E-state index < -0.39 is 0 Å². The first-order valence-electron chi connectivity index (χ1n) is 4.28. The molecule has 0 saturated heterocycles. The summed E-state index contributed by atoms with van der Waals surface area (Å²) in [5.41, 5.74) is 1.71. The third kappa shape index (κ3) is 4.33. The Bertz CT molecular complexity index is 261. The molecule has 7 heteroatoms. The molecule has 0 aliphatic carbocycles. The average Bonchev–Trinajstić information content (AvgIpc) is 2.69. The zero-order valence-corrected chi connectivity index (χ0v) is 9.54. The van der Waals surface area contributed by atoms with Gasteiger partial charge in [-0.3, -0.25) is 0 Å². The monoisotopic (exact) mass is 231 g/mol. The van der Waals surface area contributed by atoms with Crippen LogP contribution in [0.1, 0.15) is 6.42 Å². The van der Waals surface area contributed by atoms with Crippen LogP contribution in [0.2, 0.25) is 0 Å². The second kappa shape index (κ2) is 6.50. The quantitative estimate of drug-likeness (QED) is 0.505. The molecule has 3 N–H and O–H groups in total. The molecule has 0 spiro atoms. The van der Waals surface area contributed by atoms with Crippen LogP contribution >= 0.6 is 23.6 Å². The Balaban J connectivity index is 1.97. The fraction of sp³-hybridized carbons (Fsp3) is 0.571. The Kier molecular flexibility index (Phi) is 5.16. The van der Waals surface area contributed by atoms with Crippen LogP contribution in [0.25, 0.3) is 0 Å². The molecular weight excluding hydrogens is 218 g/mol. The highest BCUT2D eigenvalue weighted by molar-refractivity contribution is 7.80. The third-order valence-corrected chi connectivity index (χ3v) is 2.50. The molecule has 0 radical (unpaired) electrons. The van der Waals surface area contributed by atoms with E-state index in [1.807, 2.05) is 0 Å². The first-order chi connectivity index (χ1) is 6.83. The fourth-order valence-corrected chi connectivity index (χ4v) is 1.40. The average molecular weight is 231 g/mol. The van der Waals surface area contributed by atoms with Crippen molar-refractivity contribution in [3.05, 3.63) is 5.51 Å². The molecule has 14 heavy (non-hydrogen) atoms. The van der Waals surface area contributed by atoms with Gasteiger partial charge in [0.25, 0.3) is 0 Å². The van der Waals surface area contributed by atoms with Gasteiger partial charge in [-0.05, 0) is 18.6 Å². The first-order valence-corrected chi connectivity index (χ1v) is 5.57. The molecule has 0 amide bonds. The van der Waals surface area contributed by atoms with Crippen LogP contribution in [-0.2, 0) is 0 Å². The summed E-state index contributed by atoms with van der Waals surface area (Å²) < 4.78 is 0. The molecule has 78 valence electrons. The van der Waals surface area contributed by atoms with E-state index in [-0.39, 0.29) is 0 Å². The molecule has 1 heterocycles. The van der Waals surface area contributed by atoms with Crippen molar-refractivity contribution in [3.63, 3.8) is 0 Å². The molecule has 0 aliphatic rings. The van der Waals surface area contributed by atoms with Crippen LogP contribution in [0.15, 0.2) is 5.51 Å². The Labute approximate surface area is 92.3 Å². The van der Waals surface area contributed by atoms with Crippen molar-refractivity contribution in [2.24, 2.45) is 0 Å². The van der Waals surface area contributed by atoms with Crippen LogP contribution in [0.3, 0.4) is 0 Å². The summed E-state index contributed by atoms with van der Waals surface area (Å²) in [6.45, 7) is 1.72. The maximum Gasteiger partial charge on any atom is 0.205 e. The SMILES string of the molecule is CNC(=S)NCCCNc1nncs1. The molecule has 0 unspecified atom stereocenters. The van der Waals surface area contributed by atoms with Gasteiger partial charge in [-0.2, -0.15) is 0 Å². The van der Waals surface area contributed by atoms with E-state index in [4.69, 9.17) is 12.2 Å². The minimum absolute atomic E-state index is 0.681. The highest BCUT2D eigenvalue weighted by Crippen LogP contribution is 2.06. The van der Waals surface area contributed by atoms with Gasteiger partial charge in [0.15, 0.2) is 5.11 Å². The second-order valence-corrected chi connectivity index (χ2v) is 3.77. The number of aromatic nitrogens is 2. The number of anilines is 1. The van der Waals surface area contributed by atoms with Gasteiger partial charge < -0.3 is 16.0 Å². The van der Waals surface area contributed by atoms with E-state index in [1.54, 1.807) is 12.6 Å². The van der Waals surface area contributed by atoms with Gasteiger partial charge in [0, 0.05) is 20.1 Å². The Morgan fingerprint density at radius 2 is 2.43 bits per heavy atom. The normalized spacial score (nSPS) is 9.50. The summed E-state index contributed by atoms with van der Waals surface area (Å²) in [5.74, 6) is 0. The predicted molar refractivity (Wildman–Crippen MR) is 62.7 cm³/mol. The first kappa shape index (κ1) is 11.1.